The second kappa shape index (κ2) is 11.9. The normalized spacial score (nSPS) is 22.6. The summed E-state index contributed by atoms with van der Waals surface area (Å²) < 4.78 is 20.7. The van der Waals surface area contributed by atoms with E-state index in [1.165, 1.54) is 16.8 Å². The summed E-state index contributed by atoms with van der Waals surface area (Å²) in [4.78, 5) is 34.1. The van der Waals surface area contributed by atoms with Crippen LogP contribution in [-0.4, -0.2) is 96.9 Å². The Morgan fingerprint density at radius 3 is 2.76 bits per heavy atom. The van der Waals surface area contributed by atoms with Gasteiger partial charge >= 0.3 is 6.01 Å². The molecule has 1 aromatic heterocycles. The number of alkyl halides is 1. The number of carbonyl (C=O) groups is 1. The number of benzene rings is 2. The van der Waals surface area contributed by atoms with Gasteiger partial charge in [0.15, 0.2) is 0 Å². The van der Waals surface area contributed by atoms with Crippen LogP contribution in [0.2, 0.25) is 0 Å². The Labute approximate surface area is 246 Å². The fourth-order valence-electron chi connectivity index (χ4n) is 6.47. The highest BCUT2D eigenvalue weighted by atomic mass is 19.1. The van der Waals surface area contributed by atoms with E-state index in [0.717, 1.165) is 35.7 Å². The number of hydrogen-bond acceptors (Lipinski definition) is 7. The quantitative estimate of drug-likeness (QED) is 0.317. The van der Waals surface area contributed by atoms with E-state index < -0.39 is 6.17 Å². The van der Waals surface area contributed by atoms with Gasteiger partial charge in [0.2, 0.25) is 12.5 Å². The van der Waals surface area contributed by atoms with E-state index >= 15 is 0 Å². The Bertz CT molecular complexity index is 1510. The zero-order valence-electron chi connectivity index (χ0n) is 24.0. The van der Waals surface area contributed by atoms with Crippen LogP contribution in [0.15, 0.2) is 55.1 Å². The monoisotopic (exact) mass is 569 g/mol. The molecule has 10 heteroatoms. The van der Waals surface area contributed by atoms with Crippen molar-refractivity contribution in [2.45, 2.75) is 37.6 Å². The first-order valence-electron chi connectivity index (χ1n) is 14.6. The van der Waals surface area contributed by atoms with E-state index in [-0.39, 0.29) is 37.2 Å². The second-order valence-electron chi connectivity index (χ2n) is 11.3. The summed E-state index contributed by atoms with van der Waals surface area (Å²) >= 11 is 0. The molecule has 9 nitrogen and oxygen atoms in total. The summed E-state index contributed by atoms with van der Waals surface area (Å²) in [5.41, 5.74) is 3.10. The van der Waals surface area contributed by atoms with E-state index in [4.69, 9.17) is 21.3 Å². The Morgan fingerprint density at radius 1 is 1.14 bits per heavy atom. The van der Waals surface area contributed by atoms with Crippen molar-refractivity contribution in [1.82, 2.24) is 19.8 Å². The largest absolute Gasteiger partial charge is 0.462 e. The number of anilines is 2. The molecule has 4 heterocycles. The van der Waals surface area contributed by atoms with E-state index in [1.807, 2.05) is 18.0 Å². The lowest BCUT2D eigenvalue weighted by atomic mass is 10.0. The number of amides is 1. The molecule has 2 saturated heterocycles. The lowest BCUT2D eigenvalue weighted by molar-refractivity contribution is -0.128. The molecule has 0 aliphatic carbocycles. The summed E-state index contributed by atoms with van der Waals surface area (Å²) in [5.74, 6) is 0.619. The minimum atomic E-state index is -0.946. The van der Waals surface area contributed by atoms with Crippen LogP contribution in [0, 0.1) is 6.57 Å². The maximum Gasteiger partial charge on any atom is 0.318 e. The molecular weight excluding hydrogens is 533 g/mol. The lowest BCUT2D eigenvalue weighted by Gasteiger charge is -2.41. The average molecular weight is 570 g/mol. The molecule has 0 N–H and O–H groups in total. The van der Waals surface area contributed by atoms with Crippen LogP contribution in [0.3, 0.4) is 0 Å². The fraction of sp³-hybridized carbons (Fsp3) is 0.438. The van der Waals surface area contributed by atoms with E-state index in [0.29, 0.717) is 39.1 Å². The van der Waals surface area contributed by atoms with Crippen molar-refractivity contribution in [2.75, 3.05) is 62.7 Å². The Morgan fingerprint density at radius 2 is 1.98 bits per heavy atom. The van der Waals surface area contributed by atoms with Crippen molar-refractivity contribution in [1.29, 1.82) is 0 Å². The topological polar surface area (TPSA) is 69.4 Å². The third-order valence-electron chi connectivity index (χ3n) is 8.80. The predicted molar refractivity (Wildman–Crippen MR) is 162 cm³/mol. The molecule has 2 aromatic carbocycles. The van der Waals surface area contributed by atoms with Gasteiger partial charge in [-0.2, -0.15) is 9.97 Å². The smallest absolute Gasteiger partial charge is 0.318 e. The molecule has 3 atom stereocenters. The first-order chi connectivity index (χ1) is 20.5. The van der Waals surface area contributed by atoms with Gasteiger partial charge in [0.05, 0.1) is 18.3 Å². The first kappa shape index (κ1) is 27.9. The molecule has 42 heavy (non-hydrogen) atoms. The van der Waals surface area contributed by atoms with Gasteiger partial charge in [0.25, 0.3) is 0 Å². The van der Waals surface area contributed by atoms with Gasteiger partial charge in [0, 0.05) is 49.4 Å². The van der Waals surface area contributed by atoms with Crippen LogP contribution in [0.1, 0.15) is 17.7 Å². The SMILES string of the molecule is [C-]#[N+]C[C@H]1CN(c2nc(OC[C@@H]3[C@H](F)CCN3C)nc3c2CCN(c2cccc4ccccc24)C3)CCN1C(=O)C=C. The highest BCUT2D eigenvalue weighted by molar-refractivity contribution is 5.94. The van der Waals surface area contributed by atoms with Crippen LogP contribution >= 0.6 is 0 Å². The highest BCUT2D eigenvalue weighted by Gasteiger charge is 2.36. The van der Waals surface area contributed by atoms with Crippen molar-refractivity contribution < 1.29 is 13.9 Å². The summed E-state index contributed by atoms with van der Waals surface area (Å²) in [6.45, 7) is 15.1. The molecule has 0 spiro atoms. The molecule has 2 fully saturated rings. The van der Waals surface area contributed by atoms with Crippen molar-refractivity contribution >= 4 is 28.2 Å². The van der Waals surface area contributed by atoms with Gasteiger partial charge in [-0.15, -0.1) is 0 Å². The van der Waals surface area contributed by atoms with E-state index in [2.05, 4.69) is 57.6 Å². The summed E-state index contributed by atoms with van der Waals surface area (Å²) in [5, 5.41) is 2.38. The lowest BCUT2D eigenvalue weighted by Crippen LogP contribution is -2.56. The van der Waals surface area contributed by atoms with Gasteiger partial charge in [-0.1, -0.05) is 43.0 Å². The van der Waals surface area contributed by atoms with Crippen molar-refractivity contribution in [3.63, 3.8) is 0 Å². The summed E-state index contributed by atoms with van der Waals surface area (Å²) in [6.07, 6.45) is 1.60. The van der Waals surface area contributed by atoms with Crippen LogP contribution in [0.5, 0.6) is 6.01 Å². The minimum absolute atomic E-state index is 0.163. The number of rotatable bonds is 7. The number of halogens is 1. The molecule has 3 aliphatic rings. The van der Waals surface area contributed by atoms with Crippen molar-refractivity contribution in [2.24, 2.45) is 0 Å². The molecule has 218 valence electrons. The summed E-state index contributed by atoms with van der Waals surface area (Å²) in [6, 6.07) is 14.4. The van der Waals surface area contributed by atoms with Crippen molar-refractivity contribution in [3.8, 4) is 6.01 Å². The zero-order chi connectivity index (χ0) is 29.2. The number of piperazine rings is 1. The van der Waals surface area contributed by atoms with Gasteiger partial charge in [0.1, 0.15) is 24.6 Å². The third kappa shape index (κ3) is 5.37. The Hall–Kier alpha value is -4.23. The maximum absolute atomic E-state index is 14.6. The van der Waals surface area contributed by atoms with Gasteiger partial charge in [-0.05, 0) is 37.4 Å². The molecule has 0 radical (unpaired) electrons. The highest BCUT2D eigenvalue weighted by Crippen LogP contribution is 2.35. The Kier molecular flexibility index (Phi) is 7.94. The average Bonchev–Trinajstić information content (AvgIpc) is 3.34. The molecule has 1 amide bonds. The standard InChI is InChI=1S/C32H36FN7O2/c1-4-30(41)40-17-16-39(19-23(40)18-34-2)31-25-12-15-38(28-11-7-9-22-8-5-6-10-24(22)28)20-27(25)35-32(36-31)42-21-29-26(33)13-14-37(29)3/h4-11,23,26,29H,1,12-21H2,3H3/t23-,26+,29+/m0/s1. The van der Waals surface area contributed by atoms with Gasteiger partial charge < -0.3 is 24.3 Å². The van der Waals surface area contributed by atoms with Crippen LogP contribution in [0.25, 0.3) is 15.6 Å². The molecule has 0 saturated carbocycles. The van der Waals surface area contributed by atoms with E-state index in [1.54, 1.807) is 4.90 Å². The van der Waals surface area contributed by atoms with Gasteiger partial charge in [-0.3, -0.25) is 9.69 Å². The minimum Gasteiger partial charge on any atom is -0.462 e. The molecule has 3 aromatic rings. The number of aromatic nitrogens is 2. The van der Waals surface area contributed by atoms with Crippen LogP contribution < -0.4 is 14.5 Å². The third-order valence-corrected chi connectivity index (χ3v) is 8.80. The number of hydrogen-bond donors (Lipinski definition) is 0. The van der Waals surface area contributed by atoms with Crippen LogP contribution in [-0.2, 0) is 17.8 Å². The number of carbonyl (C=O) groups excluding carboxylic acids is 1. The molecule has 3 aliphatic heterocycles. The predicted octanol–water partition coefficient (Wildman–Crippen LogP) is 3.74. The molecule has 0 unspecified atom stereocenters. The number of likely N-dealkylation sites (N-methyl/N-ethyl adjacent to an activating group) is 1. The number of ether oxygens (including phenoxy) is 1. The second-order valence-corrected chi connectivity index (χ2v) is 11.3. The maximum atomic E-state index is 14.6. The van der Waals surface area contributed by atoms with Crippen molar-refractivity contribution in [3.05, 3.63) is 77.8 Å². The number of likely N-dealkylation sites (tertiary alicyclic amines) is 1. The first-order valence-corrected chi connectivity index (χ1v) is 14.6. The fourth-order valence-corrected chi connectivity index (χ4v) is 6.47. The van der Waals surface area contributed by atoms with Gasteiger partial charge in [-0.25, -0.2) is 11.0 Å². The number of nitrogens with zero attached hydrogens (tertiary/aromatic N) is 7. The molecule has 6 rings (SSSR count). The van der Waals surface area contributed by atoms with Crippen LogP contribution in [0.4, 0.5) is 15.9 Å². The van der Waals surface area contributed by atoms with E-state index in [9.17, 15) is 9.18 Å². The Balaban J connectivity index is 1.33. The summed E-state index contributed by atoms with van der Waals surface area (Å²) in [7, 11) is 1.91. The zero-order valence-corrected chi connectivity index (χ0v) is 24.0. The number of fused-ring (bicyclic) bond motifs is 2. The molecular formula is C32H36FN7O2. The molecule has 0 bridgehead atoms.